The number of carbonyl (C=O) groups is 2. The van der Waals surface area contributed by atoms with Crippen molar-refractivity contribution in [3.05, 3.63) is 44.2 Å². The third-order valence-electron chi connectivity index (χ3n) is 4.98. The first kappa shape index (κ1) is 21.1. The van der Waals surface area contributed by atoms with Gasteiger partial charge in [0.25, 0.3) is 0 Å². The van der Waals surface area contributed by atoms with Crippen LogP contribution in [0.2, 0.25) is 0 Å². The number of thiophene rings is 2. The molecule has 0 saturated carbocycles. The van der Waals surface area contributed by atoms with Gasteiger partial charge < -0.3 is 14.6 Å². The summed E-state index contributed by atoms with van der Waals surface area (Å²) in [6.45, 7) is 0. The molecule has 158 valence electrons. The number of rotatable bonds is 7. The average molecular weight is 463 g/mol. The van der Waals surface area contributed by atoms with Crippen LogP contribution in [-0.2, 0) is 35.8 Å². The Morgan fingerprint density at radius 2 is 2.13 bits per heavy atom. The third kappa shape index (κ3) is 4.45. The highest BCUT2D eigenvalue weighted by Gasteiger charge is 2.27. The number of fused-ring (bicyclic) bond motifs is 1. The molecule has 10 heteroatoms. The number of nitrogens with one attached hydrogen (secondary N) is 1. The van der Waals surface area contributed by atoms with Gasteiger partial charge in [-0.05, 0) is 42.7 Å². The second kappa shape index (κ2) is 9.32. The maximum Gasteiger partial charge on any atom is 0.341 e. The Labute approximate surface area is 186 Å². The Morgan fingerprint density at radius 1 is 1.30 bits per heavy atom. The van der Waals surface area contributed by atoms with Crippen molar-refractivity contribution in [3.8, 4) is 0 Å². The van der Waals surface area contributed by atoms with E-state index in [4.69, 9.17) is 4.74 Å². The molecule has 0 radical (unpaired) electrons. The van der Waals surface area contributed by atoms with Crippen molar-refractivity contribution in [2.75, 3.05) is 18.2 Å². The summed E-state index contributed by atoms with van der Waals surface area (Å²) < 4.78 is 6.88. The molecule has 3 heterocycles. The number of amides is 1. The molecule has 0 aromatic carbocycles. The highest BCUT2D eigenvalue weighted by molar-refractivity contribution is 7.99. The lowest BCUT2D eigenvalue weighted by Crippen LogP contribution is -2.17. The fourth-order valence-corrected chi connectivity index (χ4v) is 6.18. The Hall–Kier alpha value is -2.17. The molecule has 4 rings (SSSR count). The Bertz CT molecular complexity index is 1060. The molecule has 3 aromatic heterocycles. The second-order valence-corrected chi connectivity index (χ2v) is 10.0. The molecule has 0 atom stereocenters. The fourth-order valence-electron chi connectivity index (χ4n) is 3.46. The second-order valence-electron chi connectivity index (χ2n) is 6.96. The molecule has 3 aromatic rings. The summed E-state index contributed by atoms with van der Waals surface area (Å²) in [7, 11) is 3.28. The van der Waals surface area contributed by atoms with E-state index < -0.39 is 0 Å². The zero-order chi connectivity index (χ0) is 21.1. The quantitative estimate of drug-likeness (QED) is 0.423. The molecule has 1 aliphatic rings. The molecular formula is C20H22N4O3S3. The number of aryl methyl sites for hydroxylation is 1. The SMILES string of the molecule is COC(=O)c1c(NC(=O)CSc2nnc(Cc3cccs3)n2C)sc2c1CCCC2. The minimum absolute atomic E-state index is 0.174. The summed E-state index contributed by atoms with van der Waals surface area (Å²) in [5.74, 6) is 0.489. The Morgan fingerprint density at radius 3 is 2.90 bits per heavy atom. The van der Waals surface area contributed by atoms with E-state index in [1.807, 2.05) is 23.1 Å². The molecule has 0 saturated heterocycles. The van der Waals surface area contributed by atoms with Gasteiger partial charge in [-0.1, -0.05) is 17.8 Å². The van der Waals surface area contributed by atoms with E-state index in [2.05, 4.69) is 21.6 Å². The van der Waals surface area contributed by atoms with Crippen LogP contribution in [0.5, 0.6) is 0 Å². The van der Waals surface area contributed by atoms with E-state index in [1.165, 1.54) is 40.0 Å². The maximum absolute atomic E-state index is 12.6. The molecular weight excluding hydrogens is 440 g/mol. The minimum Gasteiger partial charge on any atom is -0.465 e. The van der Waals surface area contributed by atoms with Gasteiger partial charge in [0, 0.05) is 23.2 Å². The molecule has 0 unspecified atom stereocenters. The first-order valence-electron chi connectivity index (χ1n) is 9.63. The van der Waals surface area contributed by atoms with Crippen LogP contribution in [0.15, 0.2) is 22.7 Å². The van der Waals surface area contributed by atoms with Crippen LogP contribution in [0.4, 0.5) is 5.00 Å². The predicted octanol–water partition coefficient (Wildman–Crippen LogP) is 3.93. The minimum atomic E-state index is -0.385. The first-order valence-corrected chi connectivity index (χ1v) is 12.3. The van der Waals surface area contributed by atoms with E-state index >= 15 is 0 Å². The normalized spacial score (nSPS) is 13.1. The predicted molar refractivity (Wildman–Crippen MR) is 120 cm³/mol. The van der Waals surface area contributed by atoms with Gasteiger partial charge in [0.2, 0.25) is 5.91 Å². The van der Waals surface area contributed by atoms with Crippen molar-refractivity contribution < 1.29 is 14.3 Å². The largest absolute Gasteiger partial charge is 0.465 e. The third-order valence-corrected chi connectivity index (χ3v) is 8.09. The van der Waals surface area contributed by atoms with E-state index in [-0.39, 0.29) is 17.6 Å². The van der Waals surface area contributed by atoms with E-state index in [0.717, 1.165) is 43.5 Å². The van der Waals surface area contributed by atoms with Gasteiger partial charge in [0.15, 0.2) is 5.16 Å². The zero-order valence-corrected chi connectivity index (χ0v) is 19.2. The monoisotopic (exact) mass is 462 g/mol. The fraction of sp³-hybridized carbons (Fsp3) is 0.400. The van der Waals surface area contributed by atoms with Crippen LogP contribution in [0, 0.1) is 0 Å². The molecule has 1 amide bonds. The Kier molecular flexibility index (Phi) is 6.55. The lowest BCUT2D eigenvalue weighted by Gasteiger charge is -2.11. The van der Waals surface area contributed by atoms with Crippen LogP contribution in [0.1, 0.15) is 44.3 Å². The molecule has 1 aliphatic carbocycles. The number of nitrogens with zero attached hydrogens (tertiary/aromatic N) is 3. The summed E-state index contributed by atoms with van der Waals surface area (Å²) in [5.41, 5.74) is 1.56. The Balaban J connectivity index is 1.42. The first-order chi connectivity index (χ1) is 14.6. The van der Waals surface area contributed by atoms with Crippen LogP contribution in [-0.4, -0.2) is 39.5 Å². The summed E-state index contributed by atoms with van der Waals surface area (Å²) in [6, 6.07) is 4.08. The van der Waals surface area contributed by atoms with Crippen molar-refractivity contribution in [1.82, 2.24) is 14.8 Å². The number of esters is 1. The number of hydrogen-bond donors (Lipinski definition) is 1. The molecule has 0 spiro atoms. The number of hydrogen-bond acceptors (Lipinski definition) is 8. The van der Waals surface area contributed by atoms with Gasteiger partial charge in [-0.2, -0.15) is 0 Å². The smallest absolute Gasteiger partial charge is 0.341 e. The van der Waals surface area contributed by atoms with Crippen LogP contribution in [0.25, 0.3) is 0 Å². The van der Waals surface area contributed by atoms with Crippen molar-refractivity contribution in [2.45, 2.75) is 37.3 Å². The van der Waals surface area contributed by atoms with Crippen LogP contribution < -0.4 is 5.32 Å². The van der Waals surface area contributed by atoms with E-state index in [1.54, 1.807) is 11.3 Å². The molecule has 7 nitrogen and oxygen atoms in total. The molecule has 0 fully saturated rings. The summed E-state index contributed by atoms with van der Waals surface area (Å²) in [4.78, 5) is 27.3. The van der Waals surface area contributed by atoms with Gasteiger partial charge in [-0.25, -0.2) is 4.79 Å². The highest BCUT2D eigenvalue weighted by atomic mass is 32.2. The maximum atomic E-state index is 12.6. The topological polar surface area (TPSA) is 86.1 Å². The van der Waals surface area contributed by atoms with E-state index in [9.17, 15) is 9.59 Å². The van der Waals surface area contributed by atoms with Crippen molar-refractivity contribution in [2.24, 2.45) is 7.05 Å². The number of anilines is 1. The number of carbonyl (C=O) groups excluding carboxylic acids is 2. The summed E-state index contributed by atoms with van der Waals surface area (Å²) >= 11 is 4.51. The lowest BCUT2D eigenvalue weighted by molar-refractivity contribution is -0.113. The van der Waals surface area contributed by atoms with Gasteiger partial charge in [-0.15, -0.1) is 32.9 Å². The molecule has 30 heavy (non-hydrogen) atoms. The zero-order valence-electron chi connectivity index (χ0n) is 16.8. The van der Waals surface area contributed by atoms with Gasteiger partial charge in [-0.3, -0.25) is 4.79 Å². The van der Waals surface area contributed by atoms with E-state index in [0.29, 0.717) is 15.7 Å². The van der Waals surface area contributed by atoms with Gasteiger partial charge in [0.05, 0.1) is 18.4 Å². The number of aromatic nitrogens is 3. The van der Waals surface area contributed by atoms with Crippen molar-refractivity contribution >= 4 is 51.3 Å². The molecule has 1 N–H and O–H groups in total. The highest BCUT2D eigenvalue weighted by Crippen LogP contribution is 2.38. The number of thioether (sulfide) groups is 1. The van der Waals surface area contributed by atoms with Gasteiger partial charge >= 0.3 is 5.97 Å². The summed E-state index contributed by atoms with van der Waals surface area (Å²) in [6.07, 6.45) is 4.68. The average Bonchev–Trinajstić information content (AvgIpc) is 3.46. The van der Waals surface area contributed by atoms with Crippen molar-refractivity contribution in [3.63, 3.8) is 0 Å². The van der Waals surface area contributed by atoms with Crippen LogP contribution >= 0.6 is 34.4 Å². The van der Waals surface area contributed by atoms with Gasteiger partial charge in [0.1, 0.15) is 10.8 Å². The van der Waals surface area contributed by atoms with Crippen LogP contribution in [0.3, 0.4) is 0 Å². The van der Waals surface area contributed by atoms with Crippen molar-refractivity contribution in [1.29, 1.82) is 0 Å². The molecule has 0 aliphatic heterocycles. The number of ether oxygens (including phenoxy) is 1. The molecule has 0 bridgehead atoms. The lowest BCUT2D eigenvalue weighted by atomic mass is 9.95. The number of methoxy groups -OCH3 is 1. The summed E-state index contributed by atoms with van der Waals surface area (Å²) in [5, 5.41) is 14.7. The standard InChI is InChI=1S/C20H22N4O3S3/c1-24-15(10-12-6-5-9-28-12)22-23-20(24)29-11-16(25)21-18-17(19(26)27-2)13-7-3-4-8-14(13)30-18/h5-6,9H,3-4,7-8,10-11H2,1-2H3,(H,21,25).